The maximum atomic E-state index is 12.9. The molecule has 1 aliphatic rings. The molecule has 0 spiro atoms. The first kappa shape index (κ1) is 22.8. The number of aromatic nitrogens is 2. The average Bonchev–Trinajstić information content (AvgIpc) is 2.81. The summed E-state index contributed by atoms with van der Waals surface area (Å²) < 4.78 is 2.95. The predicted octanol–water partition coefficient (Wildman–Crippen LogP) is 4.24. The maximum absolute atomic E-state index is 12.9. The van der Waals surface area contributed by atoms with Gasteiger partial charge in [0.2, 0.25) is 0 Å². The maximum Gasteiger partial charge on any atom is 0.317 e. The number of benzene rings is 2. The third-order valence-electron chi connectivity index (χ3n) is 6.45. The molecule has 4 rings (SSSR count). The van der Waals surface area contributed by atoms with Gasteiger partial charge in [-0.2, -0.15) is 0 Å². The number of carbonyl (C=O) groups is 1. The quantitative estimate of drug-likeness (QED) is 0.456. The molecule has 1 aromatic heterocycles. The topological polar surface area (TPSA) is 73.1 Å². The van der Waals surface area contributed by atoms with Crippen molar-refractivity contribution >= 4 is 16.9 Å². The van der Waals surface area contributed by atoms with Gasteiger partial charge in [0.15, 0.2) is 0 Å². The van der Waals surface area contributed by atoms with Crippen molar-refractivity contribution in [2.45, 2.75) is 64.1 Å². The van der Waals surface area contributed by atoms with Gasteiger partial charge < -0.3 is 5.32 Å². The number of amides is 1. The van der Waals surface area contributed by atoms with Crippen molar-refractivity contribution in [3.8, 4) is 0 Å². The zero-order valence-corrected chi connectivity index (χ0v) is 19.0. The van der Waals surface area contributed by atoms with Gasteiger partial charge in [-0.25, -0.2) is 0 Å². The van der Waals surface area contributed by atoms with E-state index in [0.717, 1.165) is 31.2 Å². The van der Waals surface area contributed by atoms with E-state index in [9.17, 15) is 14.4 Å². The van der Waals surface area contributed by atoms with E-state index in [2.05, 4.69) is 11.9 Å². The summed E-state index contributed by atoms with van der Waals surface area (Å²) in [6.45, 7) is 4.23. The van der Waals surface area contributed by atoms with Gasteiger partial charge in [-0.3, -0.25) is 23.5 Å². The second-order valence-corrected chi connectivity index (χ2v) is 8.80. The molecule has 0 atom stereocenters. The van der Waals surface area contributed by atoms with Gasteiger partial charge in [0, 0.05) is 18.2 Å². The minimum absolute atomic E-state index is 0.0539. The number of carbonyl (C=O) groups excluding carboxylic acids is 1. The molecule has 6 heteroatoms. The number of hydrogen-bond donors (Lipinski definition) is 1. The summed E-state index contributed by atoms with van der Waals surface area (Å²) in [5, 5.41) is 3.18. The van der Waals surface area contributed by atoms with Crippen LogP contribution in [0.15, 0.2) is 70.8 Å². The molecule has 2 aromatic carbocycles. The first-order chi connectivity index (χ1) is 16.1. The number of fused-ring (bicyclic) bond motifs is 1. The highest BCUT2D eigenvalue weighted by atomic mass is 16.2. The normalized spacial score (nSPS) is 15.0. The lowest BCUT2D eigenvalue weighted by Crippen LogP contribution is -2.41. The van der Waals surface area contributed by atoms with Crippen LogP contribution >= 0.6 is 0 Å². The highest BCUT2D eigenvalue weighted by Gasteiger charge is 2.16. The van der Waals surface area contributed by atoms with Gasteiger partial charge in [0.05, 0.1) is 17.6 Å². The van der Waals surface area contributed by atoms with Crippen LogP contribution in [0.3, 0.4) is 0 Å². The Balaban J connectivity index is 1.55. The van der Waals surface area contributed by atoms with E-state index in [-0.39, 0.29) is 25.0 Å². The molecule has 33 heavy (non-hydrogen) atoms. The molecule has 6 nitrogen and oxygen atoms in total. The number of nitrogens with zero attached hydrogens (tertiary/aromatic N) is 2. The lowest BCUT2D eigenvalue weighted by atomic mass is 9.96. The Morgan fingerprint density at radius 3 is 2.09 bits per heavy atom. The summed E-state index contributed by atoms with van der Waals surface area (Å²) in [4.78, 5) is 38.3. The van der Waals surface area contributed by atoms with Gasteiger partial charge >= 0.3 is 11.1 Å². The van der Waals surface area contributed by atoms with E-state index in [0.29, 0.717) is 16.6 Å². The highest BCUT2D eigenvalue weighted by molar-refractivity contribution is 5.94. The first-order valence-electron chi connectivity index (χ1n) is 11.8. The van der Waals surface area contributed by atoms with Crippen molar-refractivity contribution in [2.75, 3.05) is 0 Å². The fraction of sp³-hybridized carbons (Fsp3) is 0.370. The highest BCUT2D eigenvalue weighted by Crippen LogP contribution is 2.18. The van der Waals surface area contributed by atoms with E-state index in [1.54, 1.807) is 18.2 Å². The molecule has 0 bridgehead atoms. The zero-order chi connectivity index (χ0) is 23.2. The van der Waals surface area contributed by atoms with Crippen LogP contribution in [0.2, 0.25) is 0 Å². The first-order valence-corrected chi connectivity index (χ1v) is 11.8. The smallest absolute Gasteiger partial charge is 0.317 e. The fourth-order valence-corrected chi connectivity index (χ4v) is 4.65. The standard InChI is InChI=1S/C27H31N3O3/c1-2-18-29-23-12-8-9-13-24(23)30(27(33)26(29)32)19-20-14-16-21(17-15-20)25(31)28-22-10-6-4-3-5-7-11-22/h2,8-9,12-17,22H,1,3-7,10-11,18-19H2,(H,28,31). The Bertz CT molecular complexity index is 1250. The van der Waals surface area contributed by atoms with E-state index >= 15 is 0 Å². The fourth-order valence-electron chi connectivity index (χ4n) is 4.65. The second-order valence-electron chi connectivity index (χ2n) is 8.80. The lowest BCUT2D eigenvalue weighted by molar-refractivity contribution is 0.0930. The Morgan fingerprint density at radius 1 is 0.879 bits per heavy atom. The zero-order valence-electron chi connectivity index (χ0n) is 19.0. The summed E-state index contributed by atoms with van der Waals surface area (Å²) in [5.41, 5.74) is 1.71. The Hall–Kier alpha value is -3.41. The Morgan fingerprint density at radius 2 is 1.45 bits per heavy atom. The van der Waals surface area contributed by atoms with Crippen LogP contribution in [0, 0.1) is 0 Å². The van der Waals surface area contributed by atoms with Gasteiger partial charge in [0.25, 0.3) is 5.91 Å². The molecular formula is C27H31N3O3. The third kappa shape index (κ3) is 5.16. The predicted molar refractivity (Wildman–Crippen MR) is 132 cm³/mol. The van der Waals surface area contributed by atoms with Crippen molar-refractivity contribution in [3.63, 3.8) is 0 Å². The van der Waals surface area contributed by atoms with E-state index < -0.39 is 11.1 Å². The number of allylic oxidation sites excluding steroid dienone is 1. The van der Waals surface area contributed by atoms with Crippen LogP contribution in [-0.4, -0.2) is 21.1 Å². The van der Waals surface area contributed by atoms with Crippen molar-refractivity contribution in [1.29, 1.82) is 0 Å². The number of para-hydroxylation sites is 2. The van der Waals surface area contributed by atoms with E-state index in [1.165, 1.54) is 28.4 Å². The summed E-state index contributed by atoms with van der Waals surface area (Å²) in [5.74, 6) is -0.0539. The molecule has 3 aromatic rings. The molecule has 172 valence electrons. The summed E-state index contributed by atoms with van der Waals surface area (Å²) >= 11 is 0. The van der Waals surface area contributed by atoms with Crippen LogP contribution < -0.4 is 16.4 Å². The molecule has 0 aliphatic heterocycles. The minimum atomic E-state index is -0.568. The van der Waals surface area contributed by atoms with Gasteiger partial charge in [0.1, 0.15) is 0 Å². The van der Waals surface area contributed by atoms with Crippen molar-refractivity contribution in [1.82, 2.24) is 14.5 Å². The lowest BCUT2D eigenvalue weighted by Gasteiger charge is -2.21. The molecular weight excluding hydrogens is 414 g/mol. The monoisotopic (exact) mass is 445 g/mol. The molecule has 0 saturated heterocycles. The van der Waals surface area contributed by atoms with Crippen LogP contribution in [0.4, 0.5) is 0 Å². The summed E-state index contributed by atoms with van der Waals surface area (Å²) in [6.07, 6.45) is 9.80. The number of hydrogen-bond acceptors (Lipinski definition) is 3. The van der Waals surface area contributed by atoms with Crippen molar-refractivity contribution < 1.29 is 4.79 Å². The minimum Gasteiger partial charge on any atom is -0.349 e. The average molecular weight is 446 g/mol. The summed E-state index contributed by atoms with van der Waals surface area (Å²) in [7, 11) is 0. The Labute approximate surface area is 193 Å². The molecule has 1 N–H and O–H groups in total. The second kappa shape index (κ2) is 10.5. The van der Waals surface area contributed by atoms with Crippen LogP contribution in [0.5, 0.6) is 0 Å². The number of nitrogens with one attached hydrogen (secondary N) is 1. The number of rotatable bonds is 6. The molecule has 1 heterocycles. The Kier molecular flexibility index (Phi) is 7.23. The van der Waals surface area contributed by atoms with Gasteiger partial charge in [-0.05, 0) is 42.7 Å². The molecule has 1 fully saturated rings. The van der Waals surface area contributed by atoms with E-state index in [4.69, 9.17) is 0 Å². The molecule has 1 saturated carbocycles. The van der Waals surface area contributed by atoms with E-state index in [1.807, 2.05) is 36.4 Å². The molecule has 0 unspecified atom stereocenters. The van der Waals surface area contributed by atoms with Crippen LogP contribution in [-0.2, 0) is 13.1 Å². The van der Waals surface area contributed by atoms with Crippen LogP contribution in [0.1, 0.15) is 60.9 Å². The SMILES string of the molecule is C=CCn1c(=O)c(=O)n(Cc2ccc(C(=O)NC3CCCCCCC3)cc2)c2ccccc21. The molecule has 1 aliphatic carbocycles. The largest absolute Gasteiger partial charge is 0.349 e. The summed E-state index contributed by atoms with van der Waals surface area (Å²) in [6, 6.07) is 14.9. The third-order valence-corrected chi connectivity index (χ3v) is 6.45. The molecule has 1 amide bonds. The van der Waals surface area contributed by atoms with Gasteiger partial charge in [-0.15, -0.1) is 6.58 Å². The van der Waals surface area contributed by atoms with Crippen molar-refractivity contribution in [2.24, 2.45) is 0 Å². The van der Waals surface area contributed by atoms with Gasteiger partial charge in [-0.1, -0.05) is 62.4 Å². The van der Waals surface area contributed by atoms with Crippen molar-refractivity contribution in [3.05, 3.63) is 93.0 Å². The molecule has 0 radical (unpaired) electrons. The van der Waals surface area contributed by atoms with Crippen LogP contribution in [0.25, 0.3) is 11.0 Å².